The summed E-state index contributed by atoms with van der Waals surface area (Å²) in [7, 11) is 1.98. The van der Waals surface area contributed by atoms with Crippen molar-refractivity contribution in [1.82, 2.24) is 5.32 Å². The first kappa shape index (κ1) is 9.44. The van der Waals surface area contributed by atoms with E-state index in [9.17, 15) is 0 Å². The van der Waals surface area contributed by atoms with Crippen LogP contribution in [0, 0.1) is 0 Å². The molecule has 0 radical (unpaired) electrons. The highest BCUT2D eigenvalue weighted by molar-refractivity contribution is 5.23. The number of hydrogen-bond acceptors (Lipinski definition) is 1. The first-order valence-corrected chi connectivity index (χ1v) is 3.43. The van der Waals surface area contributed by atoms with E-state index in [2.05, 4.69) is 23.5 Å². The van der Waals surface area contributed by atoms with Crippen molar-refractivity contribution < 1.29 is 1.43 Å². The second kappa shape index (κ2) is 5.24. The van der Waals surface area contributed by atoms with Crippen LogP contribution < -0.4 is 5.32 Å². The second-order valence-electron chi connectivity index (χ2n) is 2.29. The van der Waals surface area contributed by atoms with E-state index in [4.69, 9.17) is 0 Å². The molecule has 0 atom stereocenters. The average Bonchev–Trinajstić information content (AvgIpc) is 1.91. The molecule has 0 heterocycles. The molecule has 0 aromatic rings. The van der Waals surface area contributed by atoms with Gasteiger partial charge in [0, 0.05) is 7.97 Å². The fourth-order valence-electron chi connectivity index (χ4n) is 1.00. The number of allylic oxidation sites excluding steroid dienone is 2. The van der Waals surface area contributed by atoms with Gasteiger partial charge in [-0.05, 0) is 25.5 Å². The zero-order chi connectivity index (χ0) is 6.53. The number of hydrogen-bond donors (Lipinski definition) is 1. The fourth-order valence-corrected chi connectivity index (χ4v) is 1.00. The van der Waals surface area contributed by atoms with Crippen molar-refractivity contribution in [2.24, 2.45) is 0 Å². The molecule has 0 saturated heterocycles. The van der Waals surface area contributed by atoms with Crippen LogP contribution in [0.5, 0.6) is 0 Å². The summed E-state index contributed by atoms with van der Waals surface area (Å²) >= 11 is 0. The van der Waals surface area contributed by atoms with Gasteiger partial charge < -0.3 is 5.32 Å². The minimum atomic E-state index is 0. The molecular formula is C9H19N. The van der Waals surface area contributed by atoms with Crippen LogP contribution >= 0.6 is 0 Å². The molecule has 1 nitrogen and oxygen atoms in total. The maximum absolute atomic E-state index is 3.12. The lowest BCUT2D eigenvalue weighted by molar-refractivity contribution is 0.874. The van der Waals surface area contributed by atoms with Crippen molar-refractivity contribution in [1.29, 1.82) is 0 Å². The molecule has 0 saturated carbocycles. The minimum Gasteiger partial charge on any atom is -0.316 e. The normalized spacial score (nSPS) is 15.9. The van der Waals surface area contributed by atoms with E-state index in [1.807, 2.05) is 7.05 Å². The third-order valence-corrected chi connectivity index (χ3v) is 1.45. The first-order valence-electron chi connectivity index (χ1n) is 3.43. The molecule has 0 aromatic carbocycles. The van der Waals surface area contributed by atoms with Gasteiger partial charge in [-0.15, -0.1) is 0 Å². The van der Waals surface area contributed by atoms with Gasteiger partial charge in [-0.1, -0.05) is 25.7 Å². The smallest absolute Gasteiger partial charge is 0.0199 e. The molecule has 0 bridgehead atoms. The second-order valence-corrected chi connectivity index (χ2v) is 2.29. The topological polar surface area (TPSA) is 12.0 Å². The standard InChI is InChI=1S/C8H13N.CH4.H2/c1-9-7-8-5-3-2-4-6-8;;/h3,5-6,9H,2,4,7H2,1H3;1H4;1H. The molecule has 1 N–H and O–H groups in total. The summed E-state index contributed by atoms with van der Waals surface area (Å²) in [5.74, 6) is 0. The highest BCUT2D eigenvalue weighted by atomic mass is 14.8. The number of rotatable bonds is 2. The van der Waals surface area contributed by atoms with Gasteiger partial charge in [0.1, 0.15) is 0 Å². The third-order valence-electron chi connectivity index (χ3n) is 1.45. The summed E-state index contributed by atoms with van der Waals surface area (Å²) in [6.45, 7) is 1.01. The Morgan fingerprint density at radius 1 is 1.60 bits per heavy atom. The molecule has 60 valence electrons. The lowest BCUT2D eigenvalue weighted by Crippen LogP contribution is -2.09. The Kier molecular flexibility index (Phi) is 4.95. The number of likely N-dealkylation sites (N-methyl/N-ethyl adjacent to an activating group) is 1. The SMILES string of the molecule is C.CNCC1=CCCC=C1.[HH]. The Morgan fingerprint density at radius 2 is 2.40 bits per heavy atom. The summed E-state index contributed by atoms with van der Waals surface area (Å²) in [5, 5.41) is 3.12. The monoisotopic (exact) mass is 141 g/mol. The van der Waals surface area contributed by atoms with E-state index in [1.165, 1.54) is 18.4 Å². The van der Waals surface area contributed by atoms with Crippen molar-refractivity contribution in [3.8, 4) is 0 Å². The van der Waals surface area contributed by atoms with Crippen LogP contribution in [0.15, 0.2) is 23.8 Å². The molecule has 1 heteroatoms. The van der Waals surface area contributed by atoms with Crippen LogP contribution in [0.2, 0.25) is 0 Å². The Balaban J connectivity index is 0. The molecule has 0 amide bonds. The molecule has 0 spiro atoms. The van der Waals surface area contributed by atoms with Crippen molar-refractivity contribution in [2.45, 2.75) is 20.3 Å². The highest BCUT2D eigenvalue weighted by Crippen LogP contribution is 2.07. The van der Waals surface area contributed by atoms with E-state index < -0.39 is 0 Å². The van der Waals surface area contributed by atoms with Crippen molar-refractivity contribution in [3.05, 3.63) is 23.8 Å². The molecule has 0 fully saturated rings. The van der Waals surface area contributed by atoms with Gasteiger partial charge in [0.25, 0.3) is 0 Å². The van der Waals surface area contributed by atoms with Gasteiger partial charge in [-0.25, -0.2) is 0 Å². The summed E-state index contributed by atoms with van der Waals surface area (Å²) in [6, 6.07) is 0. The maximum atomic E-state index is 3.12. The van der Waals surface area contributed by atoms with E-state index in [-0.39, 0.29) is 8.85 Å². The maximum Gasteiger partial charge on any atom is 0.0199 e. The summed E-state index contributed by atoms with van der Waals surface area (Å²) in [6.07, 6.45) is 9.14. The Bertz CT molecular complexity index is 138. The van der Waals surface area contributed by atoms with Crippen molar-refractivity contribution >= 4 is 0 Å². The Hall–Kier alpha value is -0.560. The predicted molar refractivity (Wildman–Crippen MR) is 49.2 cm³/mol. The van der Waals surface area contributed by atoms with E-state index in [0.29, 0.717) is 0 Å². The lowest BCUT2D eigenvalue weighted by atomic mass is 10.1. The van der Waals surface area contributed by atoms with Gasteiger partial charge in [0.05, 0.1) is 0 Å². The van der Waals surface area contributed by atoms with Gasteiger partial charge in [-0.2, -0.15) is 0 Å². The molecule has 1 aliphatic carbocycles. The number of nitrogens with one attached hydrogen (secondary N) is 1. The fraction of sp³-hybridized carbons (Fsp3) is 0.556. The first-order chi connectivity index (χ1) is 4.43. The van der Waals surface area contributed by atoms with Gasteiger partial charge in [0.15, 0.2) is 0 Å². The van der Waals surface area contributed by atoms with Gasteiger partial charge in [0.2, 0.25) is 0 Å². The van der Waals surface area contributed by atoms with Crippen molar-refractivity contribution in [2.75, 3.05) is 13.6 Å². The zero-order valence-corrected chi connectivity index (χ0v) is 5.85. The summed E-state index contributed by atoms with van der Waals surface area (Å²) in [4.78, 5) is 0. The summed E-state index contributed by atoms with van der Waals surface area (Å²) < 4.78 is 0. The predicted octanol–water partition coefficient (Wildman–Crippen LogP) is 2.36. The van der Waals surface area contributed by atoms with Crippen LogP contribution in [-0.4, -0.2) is 13.6 Å². The Morgan fingerprint density at radius 3 is 2.90 bits per heavy atom. The van der Waals surface area contributed by atoms with Gasteiger partial charge >= 0.3 is 0 Å². The van der Waals surface area contributed by atoms with E-state index in [0.717, 1.165) is 6.54 Å². The third kappa shape index (κ3) is 2.83. The zero-order valence-electron chi connectivity index (χ0n) is 5.85. The van der Waals surface area contributed by atoms with Crippen LogP contribution in [0.1, 0.15) is 21.7 Å². The van der Waals surface area contributed by atoms with E-state index >= 15 is 0 Å². The summed E-state index contributed by atoms with van der Waals surface area (Å²) in [5.41, 5.74) is 1.42. The van der Waals surface area contributed by atoms with E-state index in [1.54, 1.807) is 0 Å². The quantitative estimate of drug-likeness (QED) is 0.622. The van der Waals surface area contributed by atoms with Gasteiger partial charge in [-0.3, -0.25) is 0 Å². The molecule has 0 unspecified atom stereocenters. The van der Waals surface area contributed by atoms with Crippen LogP contribution in [-0.2, 0) is 0 Å². The molecule has 1 aliphatic rings. The molecule has 0 aliphatic heterocycles. The minimum absolute atomic E-state index is 0. The average molecular weight is 141 g/mol. The van der Waals surface area contributed by atoms with Crippen LogP contribution in [0.3, 0.4) is 0 Å². The Labute approximate surface area is 65.3 Å². The van der Waals surface area contributed by atoms with Crippen LogP contribution in [0.25, 0.3) is 0 Å². The molecule has 1 rings (SSSR count). The molecule has 0 aromatic heterocycles. The lowest BCUT2D eigenvalue weighted by Gasteiger charge is -2.04. The van der Waals surface area contributed by atoms with Crippen LogP contribution in [0.4, 0.5) is 0 Å². The highest BCUT2D eigenvalue weighted by Gasteiger charge is 1.93. The largest absolute Gasteiger partial charge is 0.316 e. The van der Waals surface area contributed by atoms with Crippen molar-refractivity contribution in [3.63, 3.8) is 0 Å². The molecular weight excluding hydrogens is 122 g/mol. The molecule has 10 heavy (non-hydrogen) atoms.